The van der Waals surface area contributed by atoms with E-state index in [1.807, 2.05) is 57.1 Å². The highest BCUT2D eigenvalue weighted by Gasteiger charge is 2.17. The van der Waals surface area contributed by atoms with Crippen molar-refractivity contribution in [2.24, 2.45) is 0 Å². The van der Waals surface area contributed by atoms with E-state index in [-0.39, 0.29) is 23.9 Å². The summed E-state index contributed by atoms with van der Waals surface area (Å²) in [7, 11) is 0.272. The van der Waals surface area contributed by atoms with Crippen molar-refractivity contribution in [1.29, 1.82) is 0 Å². The van der Waals surface area contributed by atoms with Crippen molar-refractivity contribution >= 4 is 27.3 Å². The summed E-state index contributed by atoms with van der Waals surface area (Å²) < 4.78 is 27.5. The van der Waals surface area contributed by atoms with Gasteiger partial charge in [-0.2, -0.15) is 0 Å². The largest absolute Gasteiger partial charge is 0.378 e. The SMILES string of the molecule is CC(=O)N(CCNS(=O)(=O)c1ccc(C)c(C)c1)c1ccc(N(C)C)cc1. The molecule has 0 radical (unpaired) electrons. The summed E-state index contributed by atoms with van der Waals surface area (Å²) in [6.07, 6.45) is 0. The minimum Gasteiger partial charge on any atom is -0.378 e. The number of carbonyl (C=O) groups is 1. The first-order chi connectivity index (χ1) is 12.6. The third kappa shape index (κ3) is 5.30. The number of amides is 1. The van der Waals surface area contributed by atoms with Gasteiger partial charge in [-0.05, 0) is 61.4 Å². The summed E-state index contributed by atoms with van der Waals surface area (Å²) in [4.78, 5) is 15.8. The second-order valence-corrected chi connectivity index (χ2v) is 8.49. The van der Waals surface area contributed by atoms with E-state index in [9.17, 15) is 13.2 Å². The fourth-order valence-corrected chi connectivity index (χ4v) is 3.76. The van der Waals surface area contributed by atoms with Gasteiger partial charge in [0.05, 0.1) is 4.90 Å². The molecule has 2 aromatic rings. The second-order valence-electron chi connectivity index (χ2n) is 6.73. The lowest BCUT2D eigenvalue weighted by molar-refractivity contribution is -0.116. The zero-order chi connectivity index (χ0) is 20.2. The van der Waals surface area contributed by atoms with Crippen LogP contribution in [0, 0.1) is 13.8 Å². The molecule has 2 rings (SSSR count). The Morgan fingerprint density at radius 3 is 2.07 bits per heavy atom. The predicted molar refractivity (Wildman–Crippen MR) is 110 cm³/mol. The lowest BCUT2D eigenvalue weighted by Crippen LogP contribution is -2.37. The summed E-state index contributed by atoms with van der Waals surface area (Å²) in [5, 5.41) is 0. The lowest BCUT2D eigenvalue weighted by Gasteiger charge is -2.22. The van der Waals surface area contributed by atoms with Gasteiger partial charge in [0, 0.05) is 45.5 Å². The Labute approximate surface area is 161 Å². The Bertz CT molecular complexity index is 907. The highest BCUT2D eigenvalue weighted by molar-refractivity contribution is 7.89. The van der Waals surface area contributed by atoms with Crippen LogP contribution in [0.4, 0.5) is 11.4 Å². The van der Waals surface area contributed by atoms with Crippen LogP contribution in [-0.2, 0) is 14.8 Å². The van der Waals surface area contributed by atoms with E-state index < -0.39 is 10.0 Å². The first-order valence-corrected chi connectivity index (χ1v) is 10.2. The number of nitrogens with zero attached hydrogens (tertiary/aromatic N) is 2. The molecule has 1 amide bonds. The molecular weight excluding hydrogens is 362 g/mol. The van der Waals surface area contributed by atoms with E-state index >= 15 is 0 Å². The third-order valence-corrected chi connectivity index (χ3v) is 5.93. The lowest BCUT2D eigenvalue weighted by atomic mass is 10.1. The number of hydrogen-bond donors (Lipinski definition) is 1. The Balaban J connectivity index is 2.07. The van der Waals surface area contributed by atoms with E-state index in [4.69, 9.17) is 0 Å². The van der Waals surface area contributed by atoms with Gasteiger partial charge in [0.15, 0.2) is 0 Å². The number of carbonyl (C=O) groups excluding carboxylic acids is 1. The first kappa shape index (κ1) is 20.9. The summed E-state index contributed by atoms with van der Waals surface area (Å²) in [5.74, 6) is -0.141. The molecule has 0 aliphatic heterocycles. The van der Waals surface area contributed by atoms with Crippen LogP contribution in [0.1, 0.15) is 18.1 Å². The molecule has 0 atom stereocenters. The molecule has 27 heavy (non-hydrogen) atoms. The van der Waals surface area contributed by atoms with E-state index in [1.165, 1.54) is 6.92 Å². The van der Waals surface area contributed by atoms with Crippen LogP contribution in [0.15, 0.2) is 47.4 Å². The van der Waals surface area contributed by atoms with Crippen LogP contribution in [-0.4, -0.2) is 41.5 Å². The summed E-state index contributed by atoms with van der Waals surface area (Å²) in [5.41, 5.74) is 3.72. The van der Waals surface area contributed by atoms with E-state index in [0.717, 1.165) is 22.5 Å². The summed E-state index contributed by atoms with van der Waals surface area (Å²) in [6, 6.07) is 12.6. The number of benzene rings is 2. The summed E-state index contributed by atoms with van der Waals surface area (Å²) in [6.45, 7) is 5.66. The quantitative estimate of drug-likeness (QED) is 0.790. The van der Waals surface area contributed by atoms with Gasteiger partial charge in [0.25, 0.3) is 0 Å². The van der Waals surface area contributed by atoms with Crippen molar-refractivity contribution in [1.82, 2.24) is 4.72 Å². The van der Waals surface area contributed by atoms with Gasteiger partial charge in [-0.3, -0.25) is 4.79 Å². The van der Waals surface area contributed by atoms with Crippen molar-refractivity contribution in [2.45, 2.75) is 25.7 Å². The standard InChI is InChI=1S/C20H27N3O3S/c1-15-6-11-20(14-16(15)2)27(25,26)21-12-13-23(17(3)24)19-9-7-18(8-10-19)22(4)5/h6-11,14,21H,12-13H2,1-5H3. The smallest absolute Gasteiger partial charge is 0.240 e. The highest BCUT2D eigenvalue weighted by atomic mass is 32.2. The topological polar surface area (TPSA) is 69.7 Å². The molecule has 0 aromatic heterocycles. The van der Waals surface area contributed by atoms with E-state index in [1.54, 1.807) is 23.1 Å². The molecule has 0 saturated carbocycles. The average molecular weight is 390 g/mol. The maximum atomic E-state index is 12.5. The minimum atomic E-state index is -3.62. The Kier molecular flexibility index (Phi) is 6.62. The van der Waals surface area contributed by atoms with Crippen molar-refractivity contribution in [3.8, 4) is 0 Å². The Morgan fingerprint density at radius 1 is 0.963 bits per heavy atom. The molecule has 2 aromatic carbocycles. The predicted octanol–water partition coefficient (Wildman–Crippen LogP) is 2.70. The number of anilines is 2. The van der Waals surface area contributed by atoms with Gasteiger partial charge in [-0.1, -0.05) is 6.07 Å². The molecule has 0 unspecified atom stereocenters. The fraction of sp³-hybridized carbons (Fsp3) is 0.350. The molecule has 0 aliphatic carbocycles. The van der Waals surface area contributed by atoms with Crippen LogP contribution >= 0.6 is 0 Å². The van der Waals surface area contributed by atoms with Gasteiger partial charge < -0.3 is 9.80 Å². The normalized spacial score (nSPS) is 11.3. The third-order valence-electron chi connectivity index (χ3n) is 4.47. The molecular formula is C20H27N3O3S. The molecule has 146 valence electrons. The number of rotatable bonds is 7. The Morgan fingerprint density at radius 2 is 1.56 bits per heavy atom. The zero-order valence-corrected chi connectivity index (χ0v) is 17.3. The zero-order valence-electron chi connectivity index (χ0n) is 16.5. The van der Waals surface area contributed by atoms with Crippen molar-refractivity contribution in [3.05, 3.63) is 53.6 Å². The van der Waals surface area contributed by atoms with Gasteiger partial charge in [-0.25, -0.2) is 13.1 Å². The van der Waals surface area contributed by atoms with Gasteiger partial charge in [-0.15, -0.1) is 0 Å². The number of hydrogen-bond acceptors (Lipinski definition) is 4. The van der Waals surface area contributed by atoms with Crippen LogP contribution in [0.3, 0.4) is 0 Å². The van der Waals surface area contributed by atoms with Crippen LogP contribution < -0.4 is 14.5 Å². The molecule has 1 N–H and O–H groups in total. The van der Waals surface area contributed by atoms with Gasteiger partial charge >= 0.3 is 0 Å². The van der Waals surface area contributed by atoms with Crippen molar-refractivity contribution < 1.29 is 13.2 Å². The minimum absolute atomic E-state index is 0.129. The summed E-state index contributed by atoms with van der Waals surface area (Å²) >= 11 is 0. The highest BCUT2D eigenvalue weighted by Crippen LogP contribution is 2.20. The molecule has 0 fully saturated rings. The first-order valence-electron chi connectivity index (χ1n) is 8.74. The van der Waals surface area contributed by atoms with Gasteiger partial charge in [0.1, 0.15) is 0 Å². The van der Waals surface area contributed by atoms with E-state index in [0.29, 0.717) is 0 Å². The molecule has 6 nitrogen and oxygen atoms in total. The molecule has 0 aliphatic rings. The maximum absolute atomic E-state index is 12.5. The maximum Gasteiger partial charge on any atom is 0.240 e. The number of nitrogens with one attached hydrogen (secondary N) is 1. The monoisotopic (exact) mass is 389 g/mol. The van der Waals surface area contributed by atoms with Crippen LogP contribution in [0.5, 0.6) is 0 Å². The molecule has 0 spiro atoms. The molecule has 0 saturated heterocycles. The van der Waals surface area contributed by atoms with Crippen molar-refractivity contribution in [3.63, 3.8) is 0 Å². The molecule has 0 bridgehead atoms. The van der Waals surface area contributed by atoms with Crippen molar-refractivity contribution in [2.75, 3.05) is 37.0 Å². The number of sulfonamides is 1. The van der Waals surface area contributed by atoms with Crippen LogP contribution in [0.2, 0.25) is 0 Å². The fourth-order valence-electron chi connectivity index (χ4n) is 2.66. The molecule has 7 heteroatoms. The average Bonchev–Trinajstić information content (AvgIpc) is 2.60. The van der Waals surface area contributed by atoms with E-state index in [2.05, 4.69) is 4.72 Å². The van der Waals surface area contributed by atoms with Crippen LogP contribution in [0.25, 0.3) is 0 Å². The van der Waals surface area contributed by atoms with Gasteiger partial charge in [0.2, 0.25) is 15.9 Å². The number of aryl methyl sites for hydroxylation is 2. The second kappa shape index (κ2) is 8.54. The Hall–Kier alpha value is -2.38. The molecule has 0 heterocycles.